The summed E-state index contributed by atoms with van der Waals surface area (Å²) in [6.45, 7) is -0.173. The minimum Gasteiger partial charge on any atom is -0.480 e. The zero-order chi connectivity index (χ0) is 20.4. The Labute approximate surface area is 169 Å². The SMILES string of the molecule is CN1C(=O)C(NC[C@H](N)C(=O)O)N=C(c2ccccc2F)c2cc(Br)ccc21. The molecule has 1 aliphatic heterocycles. The number of benzene rings is 2. The van der Waals surface area contributed by atoms with Crippen molar-refractivity contribution in [2.75, 3.05) is 18.5 Å². The molecule has 0 fully saturated rings. The van der Waals surface area contributed by atoms with Crippen molar-refractivity contribution in [3.05, 3.63) is 63.9 Å². The van der Waals surface area contributed by atoms with Gasteiger partial charge in [0.1, 0.15) is 11.9 Å². The molecule has 1 amide bonds. The number of aliphatic carboxylic acids is 1. The van der Waals surface area contributed by atoms with Gasteiger partial charge >= 0.3 is 5.97 Å². The van der Waals surface area contributed by atoms with Crippen molar-refractivity contribution >= 4 is 39.2 Å². The minimum atomic E-state index is -1.20. The molecule has 2 aromatic carbocycles. The van der Waals surface area contributed by atoms with E-state index in [0.29, 0.717) is 11.3 Å². The number of aliphatic imine (C=N–C) groups is 1. The van der Waals surface area contributed by atoms with Crippen molar-refractivity contribution in [3.63, 3.8) is 0 Å². The van der Waals surface area contributed by atoms with E-state index in [1.165, 1.54) is 11.0 Å². The predicted octanol–water partition coefficient (Wildman–Crippen LogP) is 1.73. The number of amides is 1. The fraction of sp³-hybridized carbons (Fsp3) is 0.211. The molecule has 0 aliphatic carbocycles. The fourth-order valence-electron chi connectivity index (χ4n) is 2.87. The Morgan fingerprint density at radius 1 is 1.36 bits per heavy atom. The largest absolute Gasteiger partial charge is 0.480 e. The Morgan fingerprint density at radius 2 is 2.07 bits per heavy atom. The summed E-state index contributed by atoms with van der Waals surface area (Å²) in [6, 6.07) is 10.2. The number of nitrogens with zero attached hydrogens (tertiary/aromatic N) is 2. The molecule has 1 aliphatic rings. The lowest BCUT2D eigenvalue weighted by molar-refractivity contribution is -0.138. The van der Waals surface area contributed by atoms with Crippen molar-refractivity contribution in [2.24, 2.45) is 10.7 Å². The monoisotopic (exact) mass is 448 g/mol. The van der Waals surface area contributed by atoms with Crippen molar-refractivity contribution in [1.29, 1.82) is 0 Å². The molecule has 0 bridgehead atoms. The first kappa shape index (κ1) is 20.1. The smallest absolute Gasteiger partial charge is 0.321 e. The van der Waals surface area contributed by atoms with Gasteiger partial charge in [0.15, 0.2) is 6.17 Å². The molecule has 28 heavy (non-hydrogen) atoms. The fourth-order valence-corrected chi connectivity index (χ4v) is 3.23. The highest BCUT2D eigenvalue weighted by Gasteiger charge is 2.31. The Kier molecular flexibility index (Phi) is 5.87. The molecule has 0 saturated heterocycles. The first-order valence-corrected chi connectivity index (χ1v) is 9.21. The zero-order valence-corrected chi connectivity index (χ0v) is 16.5. The number of nitrogens with two attached hydrogens (primary N) is 1. The number of likely N-dealkylation sites (N-methyl/N-ethyl adjacent to an activating group) is 1. The second-order valence-corrected chi connectivity index (χ2v) is 7.19. The molecular formula is C19H18BrFN4O3. The molecule has 2 atom stereocenters. The van der Waals surface area contributed by atoms with Crippen LogP contribution in [0.15, 0.2) is 51.9 Å². The van der Waals surface area contributed by atoms with E-state index in [4.69, 9.17) is 10.8 Å². The van der Waals surface area contributed by atoms with Crippen molar-refractivity contribution < 1.29 is 19.1 Å². The number of carbonyl (C=O) groups excluding carboxylic acids is 1. The molecule has 0 radical (unpaired) electrons. The molecule has 0 saturated carbocycles. The highest BCUT2D eigenvalue weighted by Crippen LogP contribution is 2.30. The molecule has 146 valence electrons. The van der Waals surface area contributed by atoms with Gasteiger partial charge in [-0.2, -0.15) is 0 Å². The molecule has 3 rings (SSSR count). The summed E-state index contributed by atoms with van der Waals surface area (Å²) in [7, 11) is 1.58. The first-order valence-electron chi connectivity index (χ1n) is 8.41. The average Bonchev–Trinajstić information content (AvgIpc) is 2.76. The second kappa shape index (κ2) is 8.17. The van der Waals surface area contributed by atoms with Crippen LogP contribution in [0.3, 0.4) is 0 Å². The van der Waals surface area contributed by atoms with E-state index in [0.717, 1.165) is 4.47 Å². The molecule has 2 aromatic rings. The third-order valence-corrected chi connectivity index (χ3v) is 4.87. The summed E-state index contributed by atoms with van der Waals surface area (Å²) in [5, 5.41) is 11.7. The van der Waals surface area contributed by atoms with E-state index in [2.05, 4.69) is 26.2 Å². The topological polar surface area (TPSA) is 108 Å². The van der Waals surface area contributed by atoms with Crippen LogP contribution in [0, 0.1) is 5.82 Å². The van der Waals surface area contributed by atoms with Gasteiger partial charge in [-0.25, -0.2) is 4.39 Å². The molecule has 1 unspecified atom stereocenters. The van der Waals surface area contributed by atoms with Crippen molar-refractivity contribution in [2.45, 2.75) is 12.2 Å². The summed E-state index contributed by atoms with van der Waals surface area (Å²) >= 11 is 3.40. The van der Waals surface area contributed by atoms with E-state index in [1.807, 2.05) is 0 Å². The van der Waals surface area contributed by atoms with Gasteiger partial charge in [0.05, 0.1) is 11.4 Å². The van der Waals surface area contributed by atoms with Crippen LogP contribution in [-0.4, -0.2) is 48.5 Å². The van der Waals surface area contributed by atoms with Gasteiger partial charge in [-0.1, -0.05) is 28.1 Å². The van der Waals surface area contributed by atoms with Crippen LogP contribution in [0.2, 0.25) is 0 Å². The van der Waals surface area contributed by atoms with Gasteiger partial charge < -0.3 is 15.7 Å². The van der Waals surface area contributed by atoms with E-state index in [1.54, 1.807) is 43.4 Å². The predicted molar refractivity (Wildman–Crippen MR) is 107 cm³/mol. The highest BCUT2D eigenvalue weighted by molar-refractivity contribution is 9.10. The van der Waals surface area contributed by atoms with Crippen LogP contribution in [0.1, 0.15) is 11.1 Å². The summed E-state index contributed by atoms with van der Waals surface area (Å²) in [4.78, 5) is 29.7. The second-order valence-electron chi connectivity index (χ2n) is 6.27. The lowest BCUT2D eigenvalue weighted by Crippen LogP contribution is -2.49. The van der Waals surface area contributed by atoms with Gasteiger partial charge in [-0.15, -0.1) is 0 Å². The van der Waals surface area contributed by atoms with Crippen LogP contribution < -0.4 is 16.0 Å². The van der Waals surface area contributed by atoms with Crippen molar-refractivity contribution in [1.82, 2.24) is 5.32 Å². The highest BCUT2D eigenvalue weighted by atomic mass is 79.9. The number of nitrogens with one attached hydrogen (secondary N) is 1. The van der Waals surface area contributed by atoms with E-state index < -0.39 is 29.9 Å². The minimum absolute atomic E-state index is 0.173. The number of anilines is 1. The van der Waals surface area contributed by atoms with Gasteiger partial charge in [0.2, 0.25) is 0 Å². The van der Waals surface area contributed by atoms with E-state index in [9.17, 15) is 14.0 Å². The number of fused-ring (bicyclic) bond motifs is 1. The Hall–Kier alpha value is -2.62. The number of benzodiazepines with no additional fused rings is 1. The standard InChI is InChI=1S/C19H18BrFN4O3/c1-25-15-7-6-10(20)8-12(15)16(11-4-2-3-5-13(11)21)24-17(18(25)26)23-9-14(22)19(27)28/h2-8,14,17,23H,9,22H2,1H3,(H,27,28)/t14-,17?/m0/s1. The van der Waals surface area contributed by atoms with Gasteiger partial charge in [-0.3, -0.25) is 19.9 Å². The zero-order valence-electron chi connectivity index (χ0n) is 14.9. The molecular weight excluding hydrogens is 431 g/mol. The van der Waals surface area contributed by atoms with Crippen molar-refractivity contribution in [3.8, 4) is 0 Å². The van der Waals surface area contributed by atoms with Crippen LogP contribution in [0.25, 0.3) is 0 Å². The van der Waals surface area contributed by atoms with Gasteiger partial charge in [0, 0.05) is 29.2 Å². The number of carbonyl (C=O) groups is 2. The summed E-state index contributed by atoms with van der Waals surface area (Å²) < 4.78 is 15.3. The summed E-state index contributed by atoms with van der Waals surface area (Å²) in [5.41, 5.74) is 7.18. The third-order valence-electron chi connectivity index (χ3n) is 4.38. The molecule has 7 nitrogen and oxygen atoms in total. The Bertz CT molecular complexity index is 966. The number of carboxylic acids is 1. The van der Waals surface area contributed by atoms with E-state index in [-0.39, 0.29) is 17.8 Å². The summed E-state index contributed by atoms with van der Waals surface area (Å²) in [5.74, 6) is -2.09. The number of halogens is 2. The Morgan fingerprint density at radius 3 is 2.75 bits per heavy atom. The van der Waals surface area contributed by atoms with Crippen LogP contribution in [-0.2, 0) is 9.59 Å². The van der Waals surface area contributed by atoms with Gasteiger partial charge in [-0.05, 0) is 30.3 Å². The quantitative estimate of drug-likeness (QED) is 0.645. The maximum absolute atomic E-state index is 14.5. The lowest BCUT2D eigenvalue weighted by Gasteiger charge is -2.21. The first-order chi connectivity index (χ1) is 13.3. The average molecular weight is 449 g/mol. The maximum Gasteiger partial charge on any atom is 0.321 e. The van der Waals surface area contributed by atoms with E-state index >= 15 is 0 Å². The molecule has 0 aromatic heterocycles. The lowest BCUT2D eigenvalue weighted by atomic mass is 10.00. The van der Waals surface area contributed by atoms with Crippen LogP contribution in [0.5, 0.6) is 0 Å². The molecule has 9 heteroatoms. The Balaban J connectivity index is 2.13. The number of rotatable bonds is 5. The normalized spacial score (nSPS) is 17.6. The molecule has 0 spiro atoms. The maximum atomic E-state index is 14.5. The molecule has 1 heterocycles. The van der Waals surface area contributed by atoms with Gasteiger partial charge in [0.25, 0.3) is 5.91 Å². The third kappa shape index (κ3) is 3.96. The van der Waals surface area contributed by atoms with Crippen LogP contribution >= 0.6 is 15.9 Å². The number of hydrogen-bond donors (Lipinski definition) is 3. The molecule has 4 N–H and O–H groups in total. The van der Waals surface area contributed by atoms with Crippen LogP contribution in [0.4, 0.5) is 10.1 Å². The summed E-state index contributed by atoms with van der Waals surface area (Å²) in [6.07, 6.45) is -1.11. The number of hydrogen-bond acceptors (Lipinski definition) is 5. The number of carboxylic acid groups (broad SMARTS) is 1.